The van der Waals surface area contributed by atoms with Gasteiger partial charge in [-0.25, -0.2) is 17.5 Å². The van der Waals surface area contributed by atoms with Gasteiger partial charge < -0.3 is 0 Å². The maximum atomic E-state index is 13.2. The van der Waals surface area contributed by atoms with Gasteiger partial charge in [-0.2, -0.15) is 10.2 Å². The van der Waals surface area contributed by atoms with Gasteiger partial charge in [0.1, 0.15) is 5.01 Å². The van der Waals surface area contributed by atoms with Crippen molar-refractivity contribution in [2.45, 2.75) is 13.0 Å². The summed E-state index contributed by atoms with van der Waals surface area (Å²) >= 11 is 1.18. The second kappa shape index (κ2) is 6.72. The monoisotopic (exact) mass is 343 g/mol. The molecule has 0 bridgehead atoms. The quantitative estimate of drug-likeness (QED) is 0.731. The van der Waals surface area contributed by atoms with Crippen LogP contribution in [0.5, 0.6) is 0 Å². The zero-order valence-corrected chi connectivity index (χ0v) is 13.2. The van der Waals surface area contributed by atoms with Gasteiger partial charge in [0.25, 0.3) is 0 Å². The molecule has 0 saturated heterocycles. The van der Waals surface area contributed by atoms with E-state index in [1.54, 1.807) is 12.1 Å². The Bertz CT molecular complexity index is 971. The maximum Gasteiger partial charge on any atom is 0.358 e. The molecule has 24 heavy (non-hydrogen) atoms. The van der Waals surface area contributed by atoms with Crippen molar-refractivity contribution in [2.75, 3.05) is 0 Å². The summed E-state index contributed by atoms with van der Waals surface area (Å²) in [7, 11) is 0. The molecule has 0 unspecified atom stereocenters. The average Bonchev–Trinajstić information content (AvgIpc) is 2.91. The molecule has 3 aromatic rings. The summed E-state index contributed by atoms with van der Waals surface area (Å²) in [6.45, 7) is 0.140. The Morgan fingerprint density at radius 2 is 1.79 bits per heavy atom. The van der Waals surface area contributed by atoms with Crippen LogP contribution in [0.25, 0.3) is 0 Å². The molecule has 0 aliphatic heterocycles. The van der Waals surface area contributed by atoms with E-state index in [0.717, 1.165) is 17.7 Å². The molecular weight excluding hydrogens is 332 g/mol. The maximum absolute atomic E-state index is 13.2. The summed E-state index contributed by atoms with van der Waals surface area (Å²) in [5.41, 5.74) is 1.57. The van der Waals surface area contributed by atoms with Crippen molar-refractivity contribution in [3.8, 4) is 6.07 Å². The molecule has 0 atom stereocenters. The molecule has 0 fully saturated rings. The molecule has 7 heteroatoms. The summed E-state index contributed by atoms with van der Waals surface area (Å²) in [6.07, 6.45) is 0.469. The van der Waals surface area contributed by atoms with Gasteiger partial charge in [-0.1, -0.05) is 18.2 Å². The first-order valence-electron chi connectivity index (χ1n) is 7.05. The molecule has 3 rings (SSSR count). The molecule has 0 aliphatic carbocycles. The van der Waals surface area contributed by atoms with E-state index in [0.29, 0.717) is 22.6 Å². The van der Waals surface area contributed by atoms with Crippen molar-refractivity contribution < 1.29 is 8.78 Å². The Hall–Kier alpha value is -2.85. The number of aromatic nitrogens is 2. The van der Waals surface area contributed by atoms with Crippen LogP contribution in [0.2, 0.25) is 0 Å². The molecule has 0 aliphatic rings. The van der Waals surface area contributed by atoms with Crippen LogP contribution >= 0.6 is 11.5 Å². The van der Waals surface area contributed by atoms with Gasteiger partial charge in [0.2, 0.25) is 0 Å². The van der Waals surface area contributed by atoms with E-state index in [1.165, 1.54) is 21.6 Å². The van der Waals surface area contributed by atoms with Crippen molar-refractivity contribution in [1.82, 2.24) is 8.94 Å². The third-order valence-corrected chi connectivity index (χ3v) is 4.35. The zero-order chi connectivity index (χ0) is 17.1. The fourth-order valence-electron chi connectivity index (χ4n) is 2.20. The zero-order valence-electron chi connectivity index (χ0n) is 12.4. The highest BCUT2D eigenvalue weighted by atomic mass is 32.1. The Balaban J connectivity index is 1.78. The Kier molecular flexibility index (Phi) is 4.49. The third-order valence-electron chi connectivity index (χ3n) is 3.40. The van der Waals surface area contributed by atoms with Crippen LogP contribution in [0.15, 0.2) is 47.3 Å². The number of hydrogen-bond acceptors (Lipinski definition) is 4. The van der Waals surface area contributed by atoms with Gasteiger partial charge in [-0.15, -0.1) is 0 Å². The predicted octanol–water partition coefficient (Wildman–Crippen LogP) is 3.09. The molecule has 1 heterocycles. The van der Waals surface area contributed by atoms with Crippen molar-refractivity contribution >= 4 is 11.5 Å². The highest BCUT2D eigenvalue weighted by Crippen LogP contribution is 2.14. The topological polar surface area (TPSA) is 58.7 Å². The van der Waals surface area contributed by atoms with Crippen molar-refractivity contribution in [3.05, 3.63) is 86.3 Å². The van der Waals surface area contributed by atoms with E-state index >= 15 is 0 Å². The number of nitrogens with zero attached hydrogens (tertiary/aromatic N) is 3. The second-order valence-corrected chi connectivity index (χ2v) is 6.24. The van der Waals surface area contributed by atoms with Crippen molar-refractivity contribution in [1.29, 1.82) is 5.26 Å². The van der Waals surface area contributed by atoms with Crippen LogP contribution in [-0.2, 0) is 13.0 Å². The molecule has 2 aromatic carbocycles. The van der Waals surface area contributed by atoms with Gasteiger partial charge in [0.15, 0.2) is 11.6 Å². The van der Waals surface area contributed by atoms with Gasteiger partial charge >= 0.3 is 5.69 Å². The molecule has 0 radical (unpaired) electrons. The number of nitriles is 1. The molecular formula is C17H11F2N3OS. The third kappa shape index (κ3) is 3.55. The van der Waals surface area contributed by atoms with Crippen LogP contribution in [0.1, 0.15) is 21.7 Å². The molecule has 0 spiro atoms. The lowest BCUT2D eigenvalue weighted by atomic mass is 10.1. The smallest absolute Gasteiger partial charge is 0.245 e. The minimum Gasteiger partial charge on any atom is -0.245 e. The molecule has 120 valence electrons. The van der Waals surface area contributed by atoms with E-state index in [4.69, 9.17) is 5.26 Å². The molecule has 1 aromatic heterocycles. The minimum atomic E-state index is -0.942. The van der Waals surface area contributed by atoms with Crippen LogP contribution < -0.4 is 5.69 Å². The highest BCUT2D eigenvalue weighted by Gasteiger charge is 2.09. The number of benzene rings is 2. The van der Waals surface area contributed by atoms with Gasteiger partial charge in [-0.3, -0.25) is 0 Å². The summed E-state index contributed by atoms with van der Waals surface area (Å²) in [4.78, 5) is 15.9. The van der Waals surface area contributed by atoms with E-state index in [9.17, 15) is 13.6 Å². The van der Waals surface area contributed by atoms with Crippen molar-refractivity contribution in [2.24, 2.45) is 0 Å². The fraction of sp³-hybridized carbons (Fsp3) is 0.118. The van der Waals surface area contributed by atoms with Gasteiger partial charge in [0, 0.05) is 6.42 Å². The Labute approximate surface area is 140 Å². The average molecular weight is 343 g/mol. The largest absolute Gasteiger partial charge is 0.358 e. The lowest BCUT2D eigenvalue weighted by molar-refractivity contribution is 0.506. The summed E-state index contributed by atoms with van der Waals surface area (Å²) < 4.78 is 27.6. The predicted molar refractivity (Wildman–Crippen MR) is 85.8 cm³/mol. The fourth-order valence-corrected chi connectivity index (χ4v) is 3.13. The van der Waals surface area contributed by atoms with Crippen molar-refractivity contribution in [3.63, 3.8) is 0 Å². The first-order valence-corrected chi connectivity index (χ1v) is 7.82. The van der Waals surface area contributed by atoms with Crippen LogP contribution in [0.4, 0.5) is 8.78 Å². The Morgan fingerprint density at radius 3 is 2.46 bits per heavy atom. The summed E-state index contributed by atoms with van der Waals surface area (Å²) in [5.74, 6) is -1.86. The van der Waals surface area contributed by atoms with Gasteiger partial charge in [-0.05, 0) is 46.9 Å². The van der Waals surface area contributed by atoms with Crippen LogP contribution in [0.3, 0.4) is 0 Å². The number of rotatable bonds is 4. The molecule has 0 amide bonds. The van der Waals surface area contributed by atoms with E-state index in [-0.39, 0.29) is 6.54 Å². The van der Waals surface area contributed by atoms with Crippen LogP contribution in [0, 0.1) is 23.0 Å². The first-order chi connectivity index (χ1) is 11.5. The minimum absolute atomic E-state index is 0.140. The number of halogens is 2. The molecule has 0 saturated carbocycles. The highest BCUT2D eigenvalue weighted by molar-refractivity contribution is 7.06. The standard InChI is InChI=1S/C17H11F2N3OS/c18-14-6-5-13(7-15(14)19)10-22-17(23)21-16(24-22)8-11-1-3-12(9-20)4-2-11/h1-7H,8,10H2. The molecule has 0 N–H and O–H groups in total. The normalized spacial score (nSPS) is 10.5. The molecule has 4 nitrogen and oxygen atoms in total. The lowest BCUT2D eigenvalue weighted by Crippen LogP contribution is -2.15. The van der Waals surface area contributed by atoms with Gasteiger partial charge in [0.05, 0.1) is 18.2 Å². The van der Waals surface area contributed by atoms with E-state index < -0.39 is 17.3 Å². The summed E-state index contributed by atoms with van der Waals surface area (Å²) in [6, 6.07) is 12.6. The van der Waals surface area contributed by atoms with E-state index in [2.05, 4.69) is 4.98 Å². The summed E-state index contributed by atoms with van der Waals surface area (Å²) in [5, 5.41) is 9.40. The number of hydrogen-bond donors (Lipinski definition) is 0. The SMILES string of the molecule is N#Cc1ccc(Cc2nc(=O)n(Cc3ccc(F)c(F)c3)s2)cc1. The lowest BCUT2D eigenvalue weighted by Gasteiger charge is -2.01. The first kappa shape index (κ1) is 16.0. The second-order valence-electron chi connectivity index (χ2n) is 5.15. The van der Waals surface area contributed by atoms with Crippen LogP contribution in [-0.4, -0.2) is 8.94 Å². The Morgan fingerprint density at radius 1 is 1.08 bits per heavy atom. The van der Waals surface area contributed by atoms with E-state index in [1.807, 2.05) is 18.2 Å².